The van der Waals surface area contributed by atoms with Gasteiger partial charge in [0.15, 0.2) is 0 Å². The number of carbonyl (C=O) groups is 1. The van der Waals surface area contributed by atoms with Gasteiger partial charge in [0, 0.05) is 11.1 Å². The number of anilines is 1. The molecule has 1 amide bonds. The third-order valence-corrected chi connectivity index (χ3v) is 7.16. The average Bonchev–Trinajstić information content (AvgIpc) is 2.52. The van der Waals surface area contributed by atoms with Crippen molar-refractivity contribution < 1.29 is 13.2 Å². The first kappa shape index (κ1) is 17.8. The normalized spacial score (nSPS) is 33.7. The second kappa shape index (κ2) is 6.25. The molecule has 0 saturated heterocycles. The lowest BCUT2D eigenvalue weighted by Gasteiger charge is -2.55. The van der Waals surface area contributed by atoms with Crippen molar-refractivity contribution in [3.8, 4) is 0 Å². The highest BCUT2D eigenvalue weighted by Gasteiger charge is 2.54. The van der Waals surface area contributed by atoms with Crippen LogP contribution in [0.2, 0.25) is 0 Å². The van der Waals surface area contributed by atoms with Gasteiger partial charge in [-0.15, -0.1) is 0 Å². The van der Waals surface area contributed by atoms with E-state index in [1.807, 2.05) is 19.1 Å². The van der Waals surface area contributed by atoms with Gasteiger partial charge in [-0.1, -0.05) is 12.1 Å². The van der Waals surface area contributed by atoms with E-state index in [-0.39, 0.29) is 17.4 Å². The molecule has 0 aliphatic heterocycles. The fraction of sp³-hybridized carbons (Fsp3) is 0.650. The zero-order chi connectivity index (χ0) is 18.5. The lowest BCUT2D eigenvalue weighted by Crippen LogP contribution is -2.53. The first-order valence-electron chi connectivity index (χ1n) is 9.61. The van der Waals surface area contributed by atoms with Crippen molar-refractivity contribution in [2.24, 2.45) is 23.2 Å². The maximum Gasteiger partial charge on any atom is 0.229 e. The molecule has 4 bridgehead atoms. The predicted octanol–water partition coefficient (Wildman–Crippen LogP) is 3.45. The van der Waals surface area contributed by atoms with Crippen LogP contribution in [0.1, 0.15) is 57.1 Å². The van der Waals surface area contributed by atoms with Crippen LogP contribution < -0.4 is 10.0 Å². The molecule has 5 nitrogen and oxygen atoms in total. The molecule has 1 atom stereocenters. The summed E-state index contributed by atoms with van der Waals surface area (Å²) in [6.07, 6.45) is 8.25. The van der Waals surface area contributed by atoms with Gasteiger partial charge < -0.3 is 5.32 Å². The van der Waals surface area contributed by atoms with Gasteiger partial charge in [0.1, 0.15) is 0 Å². The van der Waals surface area contributed by atoms with Crippen molar-refractivity contribution in [2.45, 2.75) is 51.5 Å². The molecule has 0 heterocycles. The first-order valence-corrected chi connectivity index (χ1v) is 11.5. The van der Waals surface area contributed by atoms with Crippen LogP contribution >= 0.6 is 0 Å². The summed E-state index contributed by atoms with van der Waals surface area (Å²) in [5.74, 6) is 2.42. The summed E-state index contributed by atoms with van der Waals surface area (Å²) in [5, 5.41) is 3.23. The van der Waals surface area contributed by atoms with E-state index in [1.165, 1.54) is 19.3 Å². The van der Waals surface area contributed by atoms with Gasteiger partial charge in [0.2, 0.25) is 15.9 Å². The highest BCUT2D eigenvalue weighted by atomic mass is 32.2. The predicted molar refractivity (Wildman–Crippen MR) is 102 cm³/mol. The molecule has 1 unspecified atom stereocenters. The Balaban J connectivity index is 1.47. The van der Waals surface area contributed by atoms with E-state index in [4.69, 9.17) is 0 Å². The maximum atomic E-state index is 13.2. The summed E-state index contributed by atoms with van der Waals surface area (Å²) in [7, 11) is -3.31. The molecule has 4 fully saturated rings. The van der Waals surface area contributed by atoms with E-state index >= 15 is 0 Å². The van der Waals surface area contributed by atoms with Gasteiger partial charge in [-0.3, -0.25) is 9.52 Å². The van der Waals surface area contributed by atoms with E-state index in [9.17, 15) is 13.2 Å². The molecule has 4 aliphatic rings. The Bertz CT molecular complexity index is 783. The van der Waals surface area contributed by atoms with Crippen molar-refractivity contribution in [3.05, 3.63) is 29.8 Å². The molecular weight excluding hydrogens is 348 g/mol. The lowest BCUT2D eigenvalue weighted by atomic mass is 9.49. The van der Waals surface area contributed by atoms with Crippen LogP contribution in [0.5, 0.6) is 0 Å². The maximum absolute atomic E-state index is 13.2. The molecule has 6 heteroatoms. The Hall–Kier alpha value is -1.56. The van der Waals surface area contributed by atoms with E-state index in [2.05, 4.69) is 10.0 Å². The third-order valence-electron chi connectivity index (χ3n) is 6.56. The number of amides is 1. The minimum absolute atomic E-state index is 0.142. The molecule has 2 N–H and O–H groups in total. The topological polar surface area (TPSA) is 75.3 Å². The summed E-state index contributed by atoms with van der Waals surface area (Å²) < 4.78 is 25.4. The SMILES string of the molecule is CC(NC(=O)C12CC3CC(CC(C3)C1)C2)c1cccc(NS(C)(=O)=O)c1. The Morgan fingerprint density at radius 3 is 2.23 bits per heavy atom. The van der Waals surface area contributed by atoms with Crippen LogP contribution in [0.15, 0.2) is 24.3 Å². The second-order valence-electron chi connectivity index (χ2n) is 8.89. The Morgan fingerprint density at radius 1 is 1.12 bits per heavy atom. The first-order chi connectivity index (χ1) is 12.2. The Labute approximate surface area is 156 Å². The fourth-order valence-corrected chi connectivity index (χ4v) is 6.46. The van der Waals surface area contributed by atoms with Crippen molar-refractivity contribution in [1.29, 1.82) is 0 Å². The molecule has 1 aromatic carbocycles. The van der Waals surface area contributed by atoms with Gasteiger partial charge in [-0.25, -0.2) is 8.42 Å². The standard InChI is InChI=1S/C20H28N2O3S/c1-13(17-4-3-5-18(9-17)22-26(2,24)25)21-19(23)20-10-14-6-15(11-20)8-16(7-14)12-20/h3-5,9,13-16,22H,6-8,10-12H2,1-2H3,(H,21,23). The molecular formula is C20H28N2O3S. The van der Waals surface area contributed by atoms with Crippen LogP contribution in [0.25, 0.3) is 0 Å². The number of nitrogens with one attached hydrogen (secondary N) is 2. The highest BCUT2D eigenvalue weighted by molar-refractivity contribution is 7.92. The van der Waals surface area contributed by atoms with Crippen molar-refractivity contribution in [3.63, 3.8) is 0 Å². The van der Waals surface area contributed by atoms with Gasteiger partial charge >= 0.3 is 0 Å². The van der Waals surface area contributed by atoms with Crippen LogP contribution in [0.4, 0.5) is 5.69 Å². The molecule has 0 aromatic heterocycles. The van der Waals surface area contributed by atoms with Crippen molar-refractivity contribution >= 4 is 21.6 Å². The van der Waals surface area contributed by atoms with E-state index in [0.29, 0.717) is 5.69 Å². The quantitative estimate of drug-likeness (QED) is 0.826. The minimum atomic E-state index is -3.31. The highest BCUT2D eigenvalue weighted by Crippen LogP contribution is 2.60. The van der Waals surface area contributed by atoms with Crippen LogP contribution in [-0.2, 0) is 14.8 Å². The van der Waals surface area contributed by atoms with Crippen LogP contribution in [-0.4, -0.2) is 20.6 Å². The fourth-order valence-electron chi connectivity index (χ4n) is 5.91. The minimum Gasteiger partial charge on any atom is -0.349 e. The molecule has 4 saturated carbocycles. The lowest BCUT2D eigenvalue weighted by molar-refractivity contribution is -0.147. The van der Waals surface area contributed by atoms with Crippen molar-refractivity contribution in [1.82, 2.24) is 5.32 Å². The third kappa shape index (κ3) is 3.48. The number of benzene rings is 1. The number of sulfonamides is 1. The molecule has 0 radical (unpaired) electrons. The molecule has 1 aromatic rings. The van der Waals surface area contributed by atoms with Gasteiger partial charge in [-0.05, 0) is 80.9 Å². The zero-order valence-electron chi connectivity index (χ0n) is 15.5. The van der Waals surface area contributed by atoms with Gasteiger partial charge in [0.05, 0.1) is 12.3 Å². The monoisotopic (exact) mass is 376 g/mol. The smallest absolute Gasteiger partial charge is 0.229 e. The summed E-state index contributed by atoms with van der Waals surface area (Å²) in [6, 6.07) is 7.12. The largest absolute Gasteiger partial charge is 0.349 e. The molecule has 4 aliphatic carbocycles. The number of rotatable bonds is 5. The summed E-state index contributed by atoms with van der Waals surface area (Å²) in [6.45, 7) is 1.97. The van der Waals surface area contributed by atoms with E-state index in [1.54, 1.807) is 12.1 Å². The second-order valence-corrected chi connectivity index (χ2v) is 10.6. The number of hydrogen-bond acceptors (Lipinski definition) is 3. The van der Waals surface area contributed by atoms with Crippen LogP contribution in [0.3, 0.4) is 0 Å². The molecule has 26 heavy (non-hydrogen) atoms. The van der Waals surface area contributed by atoms with E-state index < -0.39 is 10.0 Å². The summed E-state index contributed by atoms with van der Waals surface area (Å²) in [4.78, 5) is 13.2. The van der Waals surface area contributed by atoms with Gasteiger partial charge in [-0.2, -0.15) is 0 Å². The van der Waals surface area contributed by atoms with E-state index in [0.717, 1.165) is 48.8 Å². The zero-order valence-corrected chi connectivity index (χ0v) is 16.3. The number of carbonyl (C=O) groups excluding carboxylic acids is 1. The summed E-state index contributed by atoms with van der Waals surface area (Å²) in [5.41, 5.74) is 1.28. The van der Waals surface area contributed by atoms with Gasteiger partial charge in [0.25, 0.3) is 0 Å². The number of hydrogen-bond donors (Lipinski definition) is 2. The summed E-state index contributed by atoms with van der Waals surface area (Å²) >= 11 is 0. The molecule has 0 spiro atoms. The average molecular weight is 377 g/mol. The molecule has 5 rings (SSSR count). The Morgan fingerprint density at radius 2 is 1.69 bits per heavy atom. The Kier molecular flexibility index (Phi) is 4.29. The molecule has 142 valence electrons. The van der Waals surface area contributed by atoms with Crippen molar-refractivity contribution in [2.75, 3.05) is 11.0 Å². The van der Waals surface area contributed by atoms with Crippen LogP contribution in [0, 0.1) is 23.2 Å².